The zero-order valence-corrected chi connectivity index (χ0v) is 15.9. The minimum absolute atomic E-state index is 0.0441. The van der Waals surface area contributed by atoms with E-state index in [4.69, 9.17) is 5.11 Å². The van der Waals surface area contributed by atoms with E-state index in [2.05, 4.69) is 14.7 Å². The number of rotatable bonds is 7. The molecule has 0 aliphatic carbocycles. The normalized spacial score (nSPS) is 12.3. The molecule has 1 atom stereocenters. The Kier molecular flexibility index (Phi) is 6.47. The summed E-state index contributed by atoms with van der Waals surface area (Å²) in [4.78, 5) is 31.4. The second kappa shape index (κ2) is 9.08. The van der Waals surface area contributed by atoms with Crippen molar-refractivity contribution in [1.29, 1.82) is 0 Å². The van der Waals surface area contributed by atoms with Crippen LogP contribution in [0, 0.1) is 11.6 Å². The Balaban J connectivity index is 2.00. The maximum atomic E-state index is 14.4. The highest BCUT2D eigenvalue weighted by Crippen LogP contribution is 2.33. The highest BCUT2D eigenvalue weighted by Gasteiger charge is 2.33. The summed E-state index contributed by atoms with van der Waals surface area (Å²) in [6.07, 6.45) is -4.40. The van der Waals surface area contributed by atoms with Crippen molar-refractivity contribution in [2.75, 3.05) is 0 Å². The maximum absolute atomic E-state index is 14.4. The van der Waals surface area contributed by atoms with E-state index < -0.39 is 53.5 Å². The van der Waals surface area contributed by atoms with E-state index in [-0.39, 0.29) is 17.0 Å². The number of nitrogens with zero attached hydrogens (tertiary/aromatic N) is 2. The van der Waals surface area contributed by atoms with Crippen LogP contribution >= 0.6 is 0 Å². The first kappa shape index (κ1) is 22.8. The Morgan fingerprint density at radius 3 is 2.34 bits per heavy atom. The van der Waals surface area contributed by atoms with Crippen LogP contribution in [-0.4, -0.2) is 33.2 Å². The number of carboxylic acid groups (broad SMARTS) is 1. The molecule has 32 heavy (non-hydrogen) atoms. The first-order valence-electron chi connectivity index (χ1n) is 8.94. The number of Topliss-reactive ketones (excluding diaryl/α,β-unsaturated/α-hetero) is 1. The third-order valence-electron chi connectivity index (χ3n) is 4.34. The summed E-state index contributed by atoms with van der Waals surface area (Å²) in [6, 6.07) is 8.51. The number of carbonyl (C=O) groups excluding carboxylic acids is 1. The highest BCUT2D eigenvalue weighted by molar-refractivity contribution is 5.96. The molecule has 0 amide bonds. The molecule has 0 aliphatic heterocycles. The minimum atomic E-state index is -5.12. The predicted molar refractivity (Wildman–Crippen MR) is 99.3 cm³/mol. The molecular formula is C21H13F5N2O4. The van der Waals surface area contributed by atoms with Crippen LogP contribution in [0.2, 0.25) is 0 Å². The Morgan fingerprint density at radius 2 is 1.72 bits per heavy atom. The maximum Gasteiger partial charge on any atom is 0.573 e. The molecule has 0 spiro atoms. The van der Waals surface area contributed by atoms with Gasteiger partial charge in [-0.25, -0.2) is 18.6 Å². The summed E-state index contributed by atoms with van der Waals surface area (Å²) in [6.45, 7) is 0. The zero-order valence-electron chi connectivity index (χ0n) is 15.9. The zero-order chi connectivity index (χ0) is 23.5. The smallest absolute Gasteiger partial charge is 0.477 e. The van der Waals surface area contributed by atoms with Gasteiger partial charge in [0.25, 0.3) is 0 Å². The second-order valence-electron chi connectivity index (χ2n) is 6.50. The van der Waals surface area contributed by atoms with Crippen molar-refractivity contribution in [1.82, 2.24) is 9.97 Å². The van der Waals surface area contributed by atoms with Crippen molar-refractivity contribution in [2.45, 2.75) is 18.7 Å². The molecule has 1 aromatic carbocycles. The summed E-state index contributed by atoms with van der Waals surface area (Å²) in [5.41, 5.74) is -0.920. The van der Waals surface area contributed by atoms with Gasteiger partial charge in [-0.1, -0.05) is 12.1 Å². The van der Waals surface area contributed by atoms with Gasteiger partial charge in [-0.05, 0) is 42.0 Å². The van der Waals surface area contributed by atoms with Gasteiger partial charge in [0, 0.05) is 18.5 Å². The minimum Gasteiger partial charge on any atom is -0.477 e. The molecule has 0 radical (unpaired) electrons. The fraction of sp³-hybridized carbons (Fsp3) is 0.143. The monoisotopic (exact) mass is 452 g/mol. The Labute approximate surface area is 177 Å². The highest BCUT2D eigenvalue weighted by atomic mass is 19.4. The summed E-state index contributed by atoms with van der Waals surface area (Å²) in [5, 5.41) is 9.04. The van der Waals surface area contributed by atoms with Gasteiger partial charge in [-0.2, -0.15) is 0 Å². The van der Waals surface area contributed by atoms with Gasteiger partial charge in [0.05, 0.1) is 5.69 Å². The predicted octanol–water partition coefficient (Wildman–Crippen LogP) is 4.76. The summed E-state index contributed by atoms with van der Waals surface area (Å²) in [5.74, 6) is -6.57. The van der Waals surface area contributed by atoms with Crippen LogP contribution in [0.15, 0.2) is 54.7 Å². The number of benzene rings is 1. The van der Waals surface area contributed by atoms with Crippen molar-refractivity contribution < 1.29 is 41.4 Å². The molecule has 0 saturated carbocycles. The largest absolute Gasteiger partial charge is 0.573 e. The van der Waals surface area contributed by atoms with Gasteiger partial charge in [-0.3, -0.25) is 9.78 Å². The number of hydrogen-bond acceptors (Lipinski definition) is 5. The SMILES string of the molecule is O=C(O)c1cccc(C(=O)C[C@@H](c2ccc(OC(F)(F)F)c(F)c2)c2ncccc2F)n1. The van der Waals surface area contributed by atoms with Crippen LogP contribution in [0.1, 0.15) is 44.6 Å². The van der Waals surface area contributed by atoms with Crippen molar-refractivity contribution in [3.8, 4) is 5.75 Å². The molecule has 0 unspecified atom stereocenters. The quantitative estimate of drug-likeness (QED) is 0.411. The lowest BCUT2D eigenvalue weighted by atomic mass is 9.89. The first-order chi connectivity index (χ1) is 15.0. The van der Waals surface area contributed by atoms with Crippen LogP contribution < -0.4 is 4.74 Å². The molecule has 2 aromatic heterocycles. The van der Waals surface area contributed by atoms with Gasteiger partial charge in [-0.15, -0.1) is 13.2 Å². The van der Waals surface area contributed by atoms with E-state index >= 15 is 0 Å². The van der Waals surface area contributed by atoms with Crippen LogP contribution in [0.25, 0.3) is 0 Å². The summed E-state index contributed by atoms with van der Waals surface area (Å²) >= 11 is 0. The van der Waals surface area contributed by atoms with Gasteiger partial charge in [0.2, 0.25) is 0 Å². The number of aromatic nitrogens is 2. The molecular weight excluding hydrogens is 439 g/mol. The number of pyridine rings is 2. The fourth-order valence-electron chi connectivity index (χ4n) is 2.97. The molecule has 11 heteroatoms. The molecule has 0 bridgehead atoms. The van der Waals surface area contributed by atoms with Gasteiger partial charge in [0.15, 0.2) is 17.3 Å². The molecule has 0 aliphatic rings. The van der Waals surface area contributed by atoms with Gasteiger partial charge < -0.3 is 9.84 Å². The number of aromatic carboxylic acids is 1. The van der Waals surface area contributed by atoms with Crippen LogP contribution in [0.4, 0.5) is 22.0 Å². The molecule has 0 saturated heterocycles. The standard InChI is InChI=1S/C21H13F5N2O4/c22-13-3-2-8-27-19(13)12(10-17(29)15-4-1-5-16(28-15)20(30)31)11-6-7-18(14(23)9-11)32-21(24,25)26/h1-9,12H,10H2,(H,30,31)/t12-/m0/s1. The lowest BCUT2D eigenvalue weighted by molar-refractivity contribution is -0.275. The summed E-state index contributed by atoms with van der Waals surface area (Å²) < 4.78 is 69.5. The van der Waals surface area contributed by atoms with Crippen molar-refractivity contribution in [2.24, 2.45) is 0 Å². The number of halogens is 5. The lowest BCUT2D eigenvalue weighted by Gasteiger charge is -2.18. The average Bonchev–Trinajstić information content (AvgIpc) is 2.73. The molecule has 166 valence electrons. The molecule has 6 nitrogen and oxygen atoms in total. The molecule has 2 heterocycles. The van der Waals surface area contributed by atoms with Crippen molar-refractivity contribution in [3.05, 3.63) is 89.0 Å². The van der Waals surface area contributed by atoms with E-state index in [1.165, 1.54) is 30.5 Å². The lowest BCUT2D eigenvalue weighted by Crippen LogP contribution is -2.18. The average molecular weight is 452 g/mol. The number of ketones is 1. The second-order valence-corrected chi connectivity index (χ2v) is 6.50. The van der Waals surface area contributed by atoms with E-state index in [0.717, 1.165) is 12.1 Å². The number of ether oxygens (including phenoxy) is 1. The first-order valence-corrected chi connectivity index (χ1v) is 8.94. The topological polar surface area (TPSA) is 89.4 Å². The van der Waals surface area contributed by atoms with Crippen LogP contribution in [0.3, 0.4) is 0 Å². The molecule has 3 rings (SSSR count). The van der Waals surface area contributed by atoms with Gasteiger partial charge in [0.1, 0.15) is 17.2 Å². The van der Waals surface area contributed by atoms with Crippen molar-refractivity contribution in [3.63, 3.8) is 0 Å². The molecule has 1 N–H and O–H groups in total. The Morgan fingerprint density at radius 1 is 1.00 bits per heavy atom. The van der Waals surface area contributed by atoms with E-state index in [0.29, 0.717) is 12.1 Å². The Hall–Kier alpha value is -3.89. The van der Waals surface area contributed by atoms with E-state index in [1.807, 2.05) is 0 Å². The van der Waals surface area contributed by atoms with Crippen LogP contribution in [0.5, 0.6) is 5.75 Å². The van der Waals surface area contributed by atoms with E-state index in [9.17, 15) is 31.5 Å². The fourth-order valence-corrected chi connectivity index (χ4v) is 2.97. The molecule has 0 fully saturated rings. The third kappa shape index (κ3) is 5.42. The third-order valence-corrected chi connectivity index (χ3v) is 4.34. The number of carboxylic acids is 1. The Bertz CT molecular complexity index is 1170. The van der Waals surface area contributed by atoms with Gasteiger partial charge >= 0.3 is 12.3 Å². The van der Waals surface area contributed by atoms with E-state index in [1.54, 1.807) is 0 Å². The number of alkyl halides is 3. The van der Waals surface area contributed by atoms with Crippen LogP contribution in [-0.2, 0) is 0 Å². The summed E-state index contributed by atoms with van der Waals surface area (Å²) in [7, 11) is 0. The molecule has 3 aromatic rings. The van der Waals surface area contributed by atoms with Crippen molar-refractivity contribution >= 4 is 11.8 Å². The number of carbonyl (C=O) groups is 2. The number of hydrogen-bond donors (Lipinski definition) is 1.